The second-order valence-electron chi connectivity index (χ2n) is 5.41. The zero-order valence-corrected chi connectivity index (χ0v) is 15.6. The molecule has 0 saturated carbocycles. The quantitative estimate of drug-likeness (QED) is 0.740. The van der Waals surface area contributed by atoms with Crippen LogP contribution < -0.4 is 10.0 Å². The van der Waals surface area contributed by atoms with E-state index >= 15 is 0 Å². The summed E-state index contributed by atoms with van der Waals surface area (Å²) in [6.07, 6.45) is 2.42. The summed E-state index contributed by atoms with van der Waals surface area (Å²) in [4.78, 5) is 3.64. The van der Waals surface area contributed by atoms with Crippen molar-refractivity contribution in [1.82, 2.24) is 14.9 Å². The Kier molecular flexibility index (Phi) is 6.22. The van der Waals surface area contributed by atoms with Gasteiger partial charge in [0.15, 0.2) is 0 Å². The smallest absolute Gasteiger partial charge is 0.242 e. The van der Waals surface area contributed by atoms with E-state index in [1.165, 1.54) is 24.2 Å². The molecule has 0 bridgehead atoms. The van der Waals surface area contributed by atoms with Gasteiger partial charge in [0.2, 0.25) is 10.0 Å². The highest BCUT2D eigenvalue weighted by molar-refractivity contribution is 9.11. The van der Waals surface area contributed by atoms with Crippen molar-refractivity contribution in [2.75, 3.05) is 26.7 Å². The Hall–Kier alpha value is 0.01000. The number of rotatable bonds is 7. The zero-order valence-electron chi connectivity index (χ0n) is 12.4. The van der Waals surface area contributed by atoms with Crippen LogP contribution in [0.15, 0.2) is 14.7 Å². The standard InChI is InChI=1S/C13H22BrN3O2S2/c1-10(9-17-5-3-4-6-17)16-21(18,19)12-7-11(8-15-2)20-13(12)14/h7,10,15-16H,3-6,8-9H2,1-2H3. The minimum Gasteiger partial charge on any atom is -0.315 e. The fourth-order valence-electron chi connectivity index (χ4n) is 2.56. The predicted molar refractivity (Wildman–Crippen MR) is 90.2 cm³/mol. The Balaban J connectivity index is 2.03. The second-order valence-corrected chi connectivity index (χ2v) is 9.55. The highest BCUT2D eigenvalue weighted by Gasteiger charge is 2.24. The van der Waals surface area contributed by atoms with E-state index in [-0.39, 0.29) is 6.04 Å². The summed E-state index contributed by atoms with van der Waals surface area (Å²) in [5.74, 6) is 0. The number of sulfonamides is 1. The molecular formula is C13H22BrN3O2S2. The molecule has 1 aromatic heterocycles. The maximum Gasteiger partial charge on any atom is 0.242 e. The second kappa shape index (κ2) is 7.52. The molecule has 5 nitrogen and oxygen atoms in total. The summed E-state index contributed by atoms with van der Waals surface area (Å²) < 4.78 is 28.4. The van der Waals surface area contributed by atoms with Gasteiger partial charge in [0.1, 0.15) is 4.90 Å². The van der Waals surface area contributed by atoms with E-state index in [9.17, 15) is 8.42 Å². The predicted octanol–water partition coefficient (Wildman–Crippen LogP) is 1.99. The van der Waals surface area contributed by atoms with Crippen LogP contribution >= 0.6 is 27.3 Å². The molecular weight excluding hydrogens is 374 g/mol. The third kappa shape index (κ3) is 4.74. The number of hydrogen-bond donors (Lipinski definition) is 2. The van der Waals surface area contributed by atoms with E-state index in [2.05, 4.69) is 30.9 Å². The van der Waals surface area contributed by atoms with Crippen LogP contribution in [0.2, 0.25) is 0 Å². The first-order valence-electron chi connectivity index (χ1n) is 7.10. The summed E-state index contributed by atoms with van der Waals surface area (Å²) in [5.41, 5.74) is 0. The van der Waals surface area contributed by atoms with Gasteiger partial charge in [0.05, 0.1) is 3.79 Å². The SMILES string of the molecule is CNCc1cc(S(=O)(=O)NC(C)CN2CCCC2)c(Br)s1. The van der Waals surface area contributed by atoms with Crippen molar-refractivity contribution < 1.29 is 8.42 Å². The number of hydrogen-bond acceptors (Lipinski definition) is 5. The van der Waals surface area contributed by atoms with E-state index < -0.39 is 10.0 Å². The average Bonchev–Trinajstić information content (AvgIpc) is 2.99. The first-order valence-corrected chi connectivity index (χ1v) is 10.2. The summed E-state index contributed by atoms with van der Waals surface area (Å²) in [6, 6.07) is 1.64. The first kappa shape index (κ1) is 17.4. The Morgan fingerprint density at radius 1 is 1.43 bits per heavy atom. The minimum absolute atomic E-state index is 0.0901. The van der Waals surface area contributed by atoms with E-state index in [0.717, 1.165) is 24.5 Å². The Morgan fingerprint density at radius 2 is 2.10 bits per heavy atom. The van der Waals surface area contributed by atoms with Crippen LogP contribution in [0.25, 0.3) is 0 Å². The Bertz CT molecular complexity index is 568. The van der Waals surface area contributed by atoms with Crippen LogP contribution in [0, 0.1) is 0 Å². The zero-order chi connectivity index (χ0) is 15.5. The lowest BCUT2D eigenvalue weighted by molar-refractivity contribution is 0.313. The largest absolute Gasteiger partial charge is 0.315 e. The average molecular weight is 396 g/mol. The molecule has 21 heavy (non-hydrogen) atoms. The van der Waals surface area contributed by atoms with Gasteiger partial charge in [-0.3, -0.25) is 0 Å². The lowest BCUT2D eigenvalue weighted by Gasteiger charge is -2.21. The summed E-state index contributed by atoms with van der Waals surface area (Å²) >= 11 is 4.81. The van der Waals surface area contributed by atoms with Gasteiger partial charge < -0.3 is 10.2 Å². The van der Waals surface area contributed by atoms with E-state index in [0.29, 0.717) is 15.2 Å². The molecule has 0 spiro atoms. The minimum atomic E-state index is -3.47. The van der Waals surface area contributed by atoms with E-state index in [1.807, 2.05) is 14.0 Å². The molecule has 1 aromatic rings. The summed E-state index contributed by atoms with van der Waals surface area (Å²) in [7, 11) is -1.62. The molecule has 0 aromatic carbocycles. The monoisotopic (exact) mass is 395 g/mol. The topological polar surface area (TPSA) is 61.4 Å². The van der Waals surface area contributed by atoms with Gasteiger partial charge in [0.25, 0.3) is 0 Å². The summed E-state index contributed by atoms with van der Waals surface area (Å²) in [6.45, 7) is 5.50. The molecule has 2 heterocycles. The molecule has 1 fully saturated rings. The van der Waals surface area contributed by atoms with Crippen LogP contribution in [0.1, 0.15) is 24.6 Å². The maximum atomic E-state index is 12.5. The molecule has 120 valence electrons. The molecule has 0 radical (unpaired) electrons. The molecule has 1 aliphatic rings. The van der Waals surface area contributed by atoms with E-state index in [1.54, 1.807) is 6.07 Å². The van der Waals surface area contributed by atoms with Crippen molar-refractivity contribution in [3.63, 3.8) is 0 Å². The molecule has 1 aliphatic heterocycles. The number of halogens is 1. The fraction of sp³-hybridized carbons (Fsp3) is 0.692. The molecule has 2 N–H and O–H groups in total. The number of likely N-dealkylation sites (tertiary alicyclic amines) is 1. The van der Waals surface area contributed by atoms with Crippen LogP contribution in [0.4, 0.5) is 0 Å². The van der Waals surface area contributed by atoms with Crippen LogP contribution in [-0.4, -0.2) is 46.0 Å². The lowest BCUT2D eigenvalue weighted by atomic mass is 10.3. The van der Waals surface area contributed by atoms with E-state index in [4.69, 9.17) is 0 Å². The maximum absolute atomic E-state index is 12.5. The van der Waals surface area contributed by atoms with Gasteiger partial charge in [-0.2, -0.15) is 0 Å². The van der Waals surface area contributed by atoms with Gasteiger partial charge in [-0.25, -0.2) is 13.1 Å². The van der Waals surface area contributed by atoms with Crippen molar-refractivity contribution in [2.45, 2.75) is 37.2 Å². The molecule has 1 atom stereocenters. The molecule has 1 saturated heterocycles. The van der Waals surface area contributed by atoms with Crippen molar-refractivity contribution in [1.29, 1.82) is 0 Å². The number of nitrogens with one attached hydrogen (secondary N) is 2. The third-order valence-electron chi connectivity index (χ3n) is 3.43. The number of thiophene rings is 1. The molecule has 0 amide bonds. The Morgan fingerprint density at radius 3 is 2.71 bits per heavy atom. The molecule has 2 rings (SSSR count). The molecule has 8 heteroatoms. The molecule has 0 aliphatic carbocycles. The van der Waals surface area contributed by atoms with Crippen molar-refractivity contribution in [3.05, 3.63) is 14.7 Å². The molecule has 1 unspecified atom stereocenters. The van der Waals surface area contributed by atoms with Gasteiger partial charge in [0, 0.05) is 24.0 Å². The van der Waals surface area contributed by atoms with Crippen molar-refractivity contribution in [2.24, 2.45) is 0 Å². The normalized spacial score (nSPS) is 18.2. The fourth-order valence-corrected chi connectivity index (χ4v) is 6.49. The number of nitrogens with zero attached hydrogens (tertiary/aromatic N) is 1. The lowest BCUT2D eigenvalue weighted by Crippen LogP contribution is -2.41. The van der Waals surface area contributed by atoms with Crippen molar-refractivity contribution >= 4 is 37.3 Å². The highest BCUT2D eigenvalue weighted by Crippen LogP contribution is 2.31. The van der Waals surface area contributed by atoms with Crippen LogP contribution in [0.3, 0.4) is 0 Å². The first-order chi connectivity index (χ1) is 9.92. The van der Waals surface area contributed by atoms with Gasteiger partial charge in [-0.1, -0.05) is 0 Å². The van der Waals surface area contributed by atoms with Crippen molar-refractivity contribution in [3.8, 4) is 0 Å². The van der Waals surface area contributed by atoms with Gasteiger partial charge in [-0.05, 0) is 61.9 Å². The van der Waals surface area contributed by atoms with Gasteiger partial charge >= 0.3 is 0 Å². The summed E-state index contributed by atoms with van der Waals surface area (Å²) in [5, 5.41) is 3.03. The highest BCUT2D eigenvalue weighted by atomic mass is 79.9. The van der Waals surface area contributed by atoms with Crippen LogP contribution in [-0.2, 0) is 16.6 Å². The van der Waals surface area contributed by atoms with Gasteiger partial charge in [-0.15, -0.1) is 11.3 Å². The third-order valence-corrected chi connectivity index (χ3v) is 7.28. The Labute approximate surface area is 139 Å². The van der Waals surface area contributed by atoms with Crippen LogP contribution in [0.5, 0.6) is 0 Å².